The van der Waals surface area contributed by atoms with E-state index in [1.807, 2.05) is 6.07 Å². The lowest BCUT2D eigenvalue weighted by Gasteiger charge is -2.19. The Labute approximate surface area is 162 Å². The van der Waals surface area contributed by atoms with Crippen LogP contribution < -0.4 is 10.6 Å². The lowest BCUT2D eigenvalue weighted by molar-refractivity contribution is 0.0951. The second-order valence-electron chi connectivity index (χ2n) is 6.33. The van der Waals surface area contributed by atoms with Crippen molar-refractivity contribution in [3.8, 4) is 0 Å². The Balaban J connectivity index is 1.63. The van der Waals surface area contributed by atoms with Crippen LogP contribution in [0.25, 0.3) is 0 Å². The van der Waals surface area contributed by atoms with Crippen LogP contribution >= 0.6 is 23.2 Å². The summed E-state index contributed by atoms with van der Waals surface area (Å²) in [5.41, 5.74) is 1.84. The first-order chi connectivity index (χ1) is 12.4. The van der Waals surface area contributed by atoms with E-state index in [-0.39, 0.29) is 18.0 Å². The number of nitrogens with one attached hydrogen (secondary N) is 2. The topological polar surface area (TPSA) is 61.4 Å². The van der Waals surface area contributed by atoms with Gasteiger partial charge in [0.05, 0.1) is 10.0 Å². The predicted molar refractivity (Wildman–Crippen MR) is 104 cm³/mol. The van der Waals surface area contributed by atoms with Crippen LogP contribution in [0, 0.1) is 0 Å². The first-order valence-electron chi connectivity index (χ1n) is 8.30. The molecule has 0 aromatic heterocycles. The molecule has 5 nitrogen and oxygen atoms in total. The van der Waals surface area contributed by atoms with Crippen molar-refractivity contribution in [1.82, 2.24) is 10.2 Å². The molecule has 1 fully saturated rings. The van der Waals surface area contributed by atoms with Crippen molar-refractivity contribution in [3.63, 3.8) is 0 Å². The summed E-state index contributed by atoms with van der Waals surface area (Å²) in [5, 5.41) is 6.61. The highest BCUT2D eigenvalue weighted by atomic mass is 35.5. The third-order valence-corrected chi connectivity index (χ3v) is 4.93. The molecule has 0 heterocycles. The van der Waals surface area contributed by atoms with E-state index in [1.54, 1.807) is 43.4 Å². The van der Waals surface area contributed by atoms with Gasteiger partial charge in [-0.05, 0) is 42.7 Å². The molecule has 1 saturated carbocycles. The van der Waals surface area contributed by atoms with E-state index in [1.165, 1.54) is 4.90 Å². The zero-order valence-electron chi connectivity index (χ0n) is 14.3. The zero-order valence-corrected chi connectivity index (χ0v) is 15.8. The van der Waals surface area contributed by atoms with Crippen LogP contribution in [0.1, 0.15) is 28.8 Å². The third kappa shape index (κ3) is 4.68. The van der Waals surface area contributed by atoms with Crippen LogP contribution in [0.3, 0.4) is 0 Å². The lowest BCUT2D eigenvalue weighted by atomic mass is 10.2. The monoisotopic (exact) mass is 391 g/mol. The fourth-order valence-electron chi connectivity index (χ4n) is 2.45. The first-order valence-corrected chi connectivity index (χ1v) is 9.05. The molecule has 26 heavy (non-hydrogen) atoms. The lowest BCUT2D eigenvalue weighted by Crippen LogP contribution is -2.31. The summed E-state index contributed by atoms with van der Waals surface area (Å²) >= 11 is 12.2. The van der Waals surface area contributed by atoms with Crippen LogP contribution in [0.4, 0.5) is 10.5 Å². The van der Waals surface area contributed by atoms with E-state index in [2.05, 4.69) is 10.6 Å². The summed E-state index contributed by atoms with van der Waals surface area (Å²) in [5.74, 6) is -0.123. The molecule has 0 radical (unpaired) electrons. The maximum absolute atomic E-state index is 12.4. The Bertz CT molecular complexity index is 837. The Morgan fingerprint density at radius 2 is 1.88 bits per heavy atom. The number of rotatable bonds is 5. The van der Waals surface area contributed by atoms with Gasteiger partial charge < -0.3 is 15.5 Å². The van der Waals surface area contributed by atoms with Gasteiger partial charge in [-0.15, -0.1) is 0 Å². The molecule has 7 heteroatoms. The number of hydrogen-bond acceptors (Lipinski definition) is 2. The Hall–Kier alpha value is -2.24. The molecule has 136 valence electrons. The molecule has 2 N–H and O–H groups in total. The molecule has 0 atom stereocenters. The average Bonchev–Trinajstić information content (AvgIpc) is 3.43. The number of amides is 3. The van der Waals surface area contributed by atoms with E-state index in [4.69, 9.17) is 23.2 Å². The van der Waals surface area contributed by atoms with Crippen molar-refractivity contribution in [2.45, 2.75) is 25.4 Å². The van der Waals surface area contributed by atoms with Gasteiger partial charge >= 0.3 is 6.03 Å². The SMILES string of the molecule is CN(Cc1cccc(Cl)c1Cl)C(=O)Nc1cccc(C(=O)NC2CC2)c1. The predicted octanol–water partition coefficient (Wildman–Crippen LogP) is 4.55. The largest absolute Gasteiger partial charge is 0.349 e. The highest BCUT2D eigenvalue weighted by molar-refractivity contribution is 6.42. The van der Waals surface area contributed by atoms with E-state index in [0.717, 1.165) is 18.4 Å². The van der Waals surface area contributed by atoms with Gasteiger partial charge in [0.15, 0.2) is 0 Å². The summed E-state index contributed by atoms with van der Waals surface area (Å²) < 4.78 is 0. The molecule has 0 saturated heterocycles. The number of urea groups is 1. The van der Waals surface area contributed by atoms with Crippen LogP contribution in [0.2, 0.25) is 10.0 Å². The van der Waals surface area contributed by atoms with Crippen molar-refractivity contribution in [2.75, 3.05) is 12.4 Å². The molecule has 0 unspecified atom stereocenters. The quantitative estimate of drug-likeness (QED) is 0.784. The van der Waals surface area contributed by atoms with Gasteiger partial charge in [-0.3, -0.25) is 4.79 Å². The van der Waals surface area contributed by atoms with Crippen LogP contribution in [-0.2, 0) is 6.54 Å². The van der Waals surface area contributed by atoms with Gasteiger partial charge in [0.25, 0.3) is 5.91 Å². The van der Waals surface area contributed by atoms with Crippen molar-refractivity contribution in [3.05, 3.63) is 63.6 Å². The second-order valence-corrected chi connectivity index (χ2v) is 7.11. The number of benzene rings is 2. The maximum Gasteiger partial charge on any atom is 0.321 e. The summed E-state index contributed by atoms with van der Waals surface area (Å²) in [4.78, 5) is 26.0. The molecule has 2 aromatic carbocycles. The Kier molecular flexibility index (Phi) is 5.69. The highest BCUT2D eigenvalue weighted by Crippen LogP contribution is 2.26. The van der Waals surface area contributed by atoms with Gasteiger partial charge in [0.1, 0.15) is 0 Å². The van der Waals surface area contributed by atoms with E-state index in [9.17, 15) is 9.59 Å². The standard InChI is InChI=1S/C19H19Cl2N3O2/c1-24(11-13-5-3-7-16(20)17(13)21)19(26)23-15-6-2-4-12(10-15)18(25)22-14-8-9-14/h2-7,10,14H,8-9,11H2,1H3,(H,22,25)(H,23,26). The molecule has 3 rings (SSSR count). The number of nitrogens with zero attached hydrogens (tertiary/aromatic N) is 1. The smallest absolute Gasteiger partial charge is 0.321 e. The molecule has 2 aromatic rings. The zero-order chi connectivity index (χ0) is 18.7. The molecule has 3 amide bonds. The molecule has 0 bridgehead atoms. The maximum atomic E-state index is 12.4. The molecule has 0 spiro atoms. The summed E-state index contributed by atoms with van der Waals surface area (Å²) in [6, 6.07) is 12.2. The first kappa shape index (κ1) is 18.5. The molecule has 1 aliphatic rings. The number of hydrogen-bond donors (Lipinski definition) is 2. The van der Waals surface area contributed by atoms with E-state index >= 15 is 0 Å². The van der Waals surface area contributed by atoms with Gasteiger partial charge in [-0.2, -0.15) is 0 Å². The second kappa shape index (κ2) is 7.98. The van der Waals surface area contributed by atoms with Crippen molar-refractivity contribution in [1.29, 1.82) is 0 Å². The van der Waals surface area contributed by atoms with Crippen molar-refractivity contribution in [2.24, 2.45) is 0 Å². The van der Waals surface area contributed by atoms with Crippen LogP contribution in [-0.4, -0.2) is 29.9 Å². The fourth-order valence-corrected chi connectivity index (χ4v) is 2.83. The Morgan fingerprint density at radius 3 is 2.62 bits per heavy atom. The van der Waals surface area contributed by atoms with Gasteiger partial charge in [0.2, 0.25) is 0 Å². The third-order valence-electron chi connectivity index (χ3n) is 4.07. The minimum Gasteiger partial charge on any atom is -0.349 e. The molecular formula is C19H19Cl2N3O2. The minimum atomic E-state index is -0.305. The number of carbonyl (C=O) groups is 2. The van der Waals surface area contributed by atoms with Crippen molar-refractivity contribution < 1.29 is 9.59 Å². The number of carbonyl (C=O) groups excluding carboxylic acids is 2. The summed E-state index contributed by atoms with van der Waals surface area (Å²) in [6.45, 7) is 0.313. The summed E-state index contributed by atoms with van der Waals surface area (Å²) in [6.07, 6.45) is 2.05. The fraction of sp³-hybridized carbons (Fsp3) is 0.263. The normalized spacial score (nSPS) is 13.2. The average molecular weight is 392 g/mol. The number of anilines is 1. The van der Waals surface area contributed by atoms with Crippen LogP contribution in [0.15, 0.2) is 42.5 Å². The number of halogens is 2. The van der Waals surface area contributed by atoms with E-state index < -0.39 is 0 Å². The molecule has 0 aliphatic heterocycles. The Morgan fingerprint density at radius 1 is 1.15 bits per heavy atom. The van der Waals surface area contributed by atoms with Crippen molar-refractivity contribution >= 4 is 40.8 Å². The van der Waals surface area contributed by atoms with Gasteiger partial charge in [0, 0.05) is 30.9 Å². The van der Waals surface area contributed by atoms with E-state index in [0.29, 0.717) is 27.8 Å². The van der Waals surface area contributed by atoms with Crippen LogP contribution in [0.5, 0.6) is 0 Å². The summed E-state index contributed by atoms with van der Waals surface area (Å²) in [7, 11) is 1.66. The molecular weight excluding hydrogens is 373 g/mol. The minimum absolute atomic E-state index is 0.123. The van der Waals surface area contributed by atoms with Gasteiger partial charge in [-0.25, -0.2) is 4.79 Å². The van der Waals surface area contributed by atoms with Gasteiger partial charge in [-0.1, -0.05) is 41.4 Å². The molecule has 1 aliphatic carbocycles. The highest BCUT2D eigenvalue weighted by Gasteiger charge is 2.24.